The summed E-state index contributed by atoms with van der Waals surface area (Å²) in [7, 11) is 1.58. The molecule has 2 amide bonds. The van der Waals surface area contributed by atoms with Crippen molar-refractivity contribution in [3.8, 4) is 5.75 Å². The highest BCUT2D eigenvalue weighted by molar-refractivity contribution is 6.05. The van der Waals surface area contributed by atoms with E-state index in [1.807, 2.05) is 6.07 Å². The van der Waals surface area contributed by atoms with E-state index in [-0.39, 0.29) is 11.8 Å². The van der Waals surface area contributed by atoms with Gasteiger partial charge in [0.1, 0.15) is 5.75 Å². The number of methoxy groups -OCH3 is 1. The minimum Gasteiger partial charge on any atom is -0.497 e. The molecule has 1 aliphatic carbocycles. The van der Waals surface area contributed by atoms with Gasteiger partial charge in [-0.1, -0.05) is 6.07 Å². The molecule has 0 atom stereocenters. The topological polar surface area (TPSA) is 67.4 Å². The third-order valence-electron chi connectivity index (χ3n) is 3.65. The maximum absolute atomic E-state index is 12.2. The number of hydrogen-bond acceptors (Lipinski definition) is 3. The van der Waals surface area contributed by atoms with Gasteiger partial charge in [0.2, 0.25) is 0 Å². The number of ether oxygens (including phenoxy) is 1. The monoisotopic (exact) mass is 310 g/mol. The summed E-state index contributed by atoms with van der Waals surface area (Å²) in [6.07, 6.45) is 2.10. The molecule has 0 radical (unpaired) electrons. The van der Waals surface area contributed by atoms with Crippen LogP contribution in [-0.4, -0.2) is 25.0 Å². The second-order valence-electron chi connectivity index (χ2n) is 5.51. The van der Waals surface area contributed by atoms with Crippen molar-refractivity contribution in [1.29, 1.82) is 0 Å². The second kappa shape index (κ2) is 6.52. The SMILES string of the molecule is COc1cccc(NC(=O)c2ccc(C(=O)NC3CC3)cc2)c1. The lowest BCUT2D eigenvalue weighted by molar-refractivity contribution is 0.0949. The predicted molar refractivity (Wildman–Crippen MR) is 87.9 cm³/mol. The van der Waals surface area contributed by atoms with Gasteiger partial charge in [0.05, 0.1) is 7.11 Å². The Morgan fingerprint density at radius 2 is 1.65 bits per heavy atom. The number of nitrogens with one attached hydrogen (secondary N) is 2. The molecule has 2 aromatic carbocycles. The second-order valence-corrected chi connectivity index (χ2v) is 5.51. The van der Waals surface area contributed by atoms with Crippen LogP contribution in [0.1, 0.15) is 33.6 Å². The van der Waals surface area contributed by atoms with Crippen LogP contribution in [-0.2, 0) is 0 Å². The lowest BCUT2D eigenvalue weighted by Gasteiger charge is -2.08. The molecule has 5 heteroatoms. The Balaban J connectivity index is 1.65. The molecule has 23 heavy (non-hydrogen) atoms. The summed E-state index contributed by atoms with van der Waals surface area (Å²) < 4.78 is 5.13. The van der Waals surface area contributed by atoms with Gasteiger partial charge in [0.25, 0.3) is 11.8 Å². The molecule has 0 heterocycles. The van der Waals surface area contributed by atoms with E-state index in [1.165, 1.54) is 0 Å². The highest BCUT2D eigenvalue weighted by Gasteiger charge is 2.23. The highest BCUT2D eigenvalue weighted by Crippen LogP contribution is 2.20. The molecule has 0 aromatic heterocycles. The van der Waals surface area contributed by atoms with Gasteiger partial charge in [-0.15, -0.1) is 0 Å². The first-order chi connectivity index (χ1) is 11.2. The summed E-state index contributed by atoms with van der Waals surface area (Å²) in [6.45, 7) is 0. The van der Waals surface area contributed by atoms with Crippen molar-refractivity contribution in [3.63, 3.8) is 0 Å². The summed E-state index contributed by atoms with van der Waals surface area (Å²) in [6, 6.07) is 14.1. The first-order valence-electron chi connectivity index (χ1n) is 7.52. The van der Waals surface area contributed by atoms with Crippen LogP contribution in [0.4, 0.5) is 5.69 Å². The van der Waals surface area contributed by atoms with Crippen LogP contribution in [0.25, 0.3) is 0 Å². The zero-order valence-electron chi connectivity index (χ0n) is 12.8. The number of benzene rings is 2. The number of anilines is 1. The Labute approximate surface area is 134 Å². The number of amides is 2. The van der Waals surface area contributed by atoms with E-state index >= 15 is 0 Å². The van der Waals surface area contributed by atoms with Crippen LogP contribution < -0.4 is 15.4 Å². The molecular weight excluding hydrogens is 292 g/mol. The average molecular weight is 310 g/mol. The van der Waals surface area contributed by atoms with Gasteiger partial charge < -0.3 is 15.4 Å². The number of carbonyl (C=O) groups is 2. The maximum atomic E-state index is 12.2. The van der Waals surface area contributed by atoms with Crippen LogP contribution in [0.5, 0.6) is 5.75 Å². The molecule has 0 saturated heterocycles. The first kappa shape index (κ1) is 15.1. The lowest BCUT2D eigenvalue weighted by Crippen LogP contribution is -2.25. The van der Waals surface area contributed by atoms with Crippen molar-refractivity contribution < 1.29 is 14.3 Å². The van der Waals surface area contributed by atoms with Crippen LogP contribution in [0, 0.1) is 0 Å². The van der Waals surface area contributed by atoms with Crippen molar-refractivity contribution in [2.75, 3.05) is 12.4 Å². The molecule has 2 aromatic rings. The van der Waals surface area contributed by atoms with E-state index in [9.17, 15) is 9.59 Å². The molecule has 0 bridgehead atoms. The molecule has 5 nitrogen and oxygen atoms in total. The normalized spacial score (nSPS) is 13.3. The average Bonchev–Trinajstić information content (AvgIpc) is 3.39. The summed E-state index contributed by atoms with van der Waals surface area (Å²) >= 11 is 0. The van der Waals surface area contributed by atoms with E-state index in [4.69, 9.17) is 4.74 Å². The molecule has 1 fully saturated rings. The molecule has 118 valence electrons. The summed E-state index contributed by atoms with van der Waals surface area (Å²) in [5.41, 5.74) is 1.72. The maximum Gasteiger partial charge on any atom is 0.255 e. The number of hydrogen-bond donors (Lipinski definition) is 2. The highest BCUT2D eigenvalue weighted by atomic mass is 16.5. The fraction of sp³-hybridized carbons (Fsp3) is 0.222. The number of carbonyl (C=O) groups excluding carboxylic acids is 2. The third-order valence-corrected chi connectivity index (χ3v) is 3.65. The third kappa shape index (κ3) is 3.88. The molecular formula is C18H18N2O3. The summed E-state index contributed by atoms with van der Waals surface area (Å²) in [5.74, 6) is 0.356. The van der Waals surface area contributed by atoms with Crippen molar-refractivity contribution in [1.82, 2.24) is 5.32 Å². The van der Waals surface area contributed by atoms with E-state index in [0.29, 0.717) is 28.6 Å². The van der Waals surface area contributed by atoms with Gasteiger partial charge in [-0.2, -0.15) is 0 Å². The Morgan fingerprint density at radius 1 is 1.00 bits per heavy atom. The van der Waals surface area contributed by atoms with Gasteiger partial charge in [-0.05, 0) is 49.2 Å². The zero-order chi connectivity index (χ0) is 16.2. The van der Waals surface area contributed by atoms with Gasteiger partial charge >= 0.3 is 0 Å². The van der Waals surface area contributed by atoms with Crippen molar-refractivity contribution in [3.05, 3.63) is 59.7 Å². The van der Waals surface area contributed by atoms with Crippen LogP contribution >= 0.6 is 0 Å². The van der Waals surface area contributed by atoms with Gasteiger partial charge in [0.15, 0.2) is 0 Å². The predicted octanol–water partition coefficient (Wildman–Crippen LogP) is 2.84. The molecule has 0 aliphatic heterocycles. The molecule has 3 rings (SSSR count). The van der Waals surface area contributed by atoms with E-state index in [2.05, 4.69) is 10.6 Å². The summed E-state index contributed by atoms with van der Waals surface area (Å²) in [4.78, 5) is 24.1. The Bertz CT molecular complexity index is 721. The molecule has 0 unspecified atom stereocenters. The number of rotatable bonds is 5. The van der Waals surface area contributed by atoms with Crippen LogP contribution in [0.2, 0.25) is 0 Å². The Hall–Kier alpha value is -2.82. The Morgan fingerprint density at radius 3 is 2.26 bits per heavy atom. The van der Waals surface area contributed by atoms with E-state index in [1.54, 1.807) is 49.6 Å². The fourth-order valence-electron chi connectivity index (χ4n) is 2.17. The molecule has 0 spiro atoms. The standard InChI is InChI=1S/C18H18N2O3/c1-23-16-4-2-3-15(11-16)20-18(22)13-7-5-12(6-8-13)17(21)19-14-9-10-14/h2-8,11,14H,9-10H2,1H3,(H,19,21)(H,20,22). The van der Waals surface area contributed by atoms with Gasteiger partial charge in [0, 0.05) is 28.9 Å². The fourth-order valence-corrected chi connectivity index (χ4v) is 2.17. The van der Waals surface area contributed by atoms with Crippen molar-refractivity contribution >= 4 is 17.5 Å². The van der Waals surface area contributed by atoms with Crippen molar-refractivity contribution in [2.45, 2.75) is 18.9 Å². The van der Waals surface area contributed by atoms with E-state index < -0.39 is 0 Å². The smallest absolute Gasteiger partial charge is 0.255 e. The molecule has 1 aliphatic rings. The molecule has 1 saturated carbocycles. The Kier molecular flexibility index (Phi) is 4.28. The lowest BCUT2D eigenvalue weighted by atomic mass is 10.1. The minimum atomic E-state index is -0.229. The first-order valence-corrected chi connectivity index (χ1v) is 7.52. The van der Waals surface area contributed by atoms with Gasteiger partial charge in [-0.3, -0.25) is 9.59 Å². The minimum absolute atomic E-state index is 0.0905. The largest absolute Gasteiger partial charge is 0.497 e. The van der Waals surface area contributed by atoms with E-state index in [0.717, 1.165) is 12.8 Å². The molecule has 2 N–H and O–H groups in total. The van der Waals surface area contributed by atoms with Gasteiger partial charge in [-0.25, -0.2) is 0 Å². The zero-order valence-corrected chi connectivity index (χ0v) is 12.8. The quantitative estimate of drug-likeness (QED) is 0.892. The van der Waals surface area contributed by atoms with Crippen molar-refractivity contribution in [2.24, 2.45) is 0 Å². The van der Waals surface area contributed by atoms with Crippen LogP contribution in [0.15, 0.2) is 48.5 Å². The van der Waals surface area contributed by atoms with Crippen LogP contribution in [0.3, 0.4) is 0 Å². The summed E-state index contributed by atoms with van der Waals surface area (Å²) in [5, 5.41) is 5.72.